The molecule has 9 nitrogen and oxygen atoms in total. The zero-order valence-electron chi connectivity index (χ0n) is 23.9. The number of para-hydroxylation sites is 1. The molecule has 2 aliphatic rings. The SMILES string of the molecule is COC(=O)C(Cc1c[nH]c2ccccc12)n1nnnc1[C@H](C1C=CC=CC1)N1CCN(C/C=C/c2ccccc2)CC1. The van der Waals surface area contributed by atoms with E-state index >= 15 is 0 Å². The third kappa shape index (κ3) is 6.12. The molecule has 1 saturated heterocycles. The normalized spacial score (nSPS) is 19.4. The number of benzene rings is 2. The maximum atomic E-state index is 13.2. The van der Waals surface area contributed by atoms with Crippen LogP contribution < -0.4 is 0 Å². The molecule has 216 valence electrons. The fourth-order valence-corrected chi connectivity index (χ4v) is 6.12. The van der Waals surface area contributed by atoms with Gasteiger partial charge in [-0.15, -0.1) is 5.10 Å². The molecule has 9 heteroatoms. The number of esters is 1. The summed E-state index contributed by atoms with van der Waals surface area (Å²) in [5.41, 5.74) is 3.27. The van der Waals surface area contributed by atoms with Gasteiger partial charge in [-0.05, 0) is 34.0 Å². The van der Waals surface area contributed by atoms with Crippen LogP contribution in [0.25, 0.3) is 17.0 Å². The number of nitrogens with zero attached hydrogens (tertiary/aromatic N) is 6. The van der Waals surface area contributed by atoms with Crippen molar-refractivity contribution in [2.24, 2.45) is 5.92 Å². The van der Waals surface area contributed by atoms with E-state index in [0.29, 0.717) is 12.2 Å². The molecule has 2 unspecified atom stereocenters. The minimum Gasteiger partial charge on any atom is -0.467 e. The number of aromatic nitrogens is 5. The number of nitrogens with one attached hydrogen (secondary N) is 1. The van der Waals surface area contributed by atoms with Crippen LogP contribution in [0.3, 0.4) is 0 Å². The van der Waals surface area contributed by atoms with Crippen LogP contribution in [-0.4, -0.2) is 80.8 Å². The van der Waals surface area contributed by atoms with Crippen molar-refractivity contribution in [2.45, 2.75) is 24.9 Å². The van der Waals surface area contributed by atoms with E-state index in [1.807, 2.05) is 30.5 Å². The lowest BCUT2D eigenvalue weighted by Gasteiger charge is -2.41. The Kier molecular flexibility index (Phi) is 8.67. The van der Waals surface area contributed by atoms with E-state index in [9.17, 15) is 4.79 Å². The Bertz CT molecular complexity index is 1560. The van der Waals surface area contributed by atoms with Gasteiger partial charge in [0, 0.05) is 62.2 Å². The lowest BCUT2D eigenvalue weighted by molar-refractivity contribution is -0.145. The van der Waals surface area contributed by atoms with E-state index in [-0.39, 0.29) is 17.9 Å². The average Bonchev–Trinajstić information content (AvgIpc) is 3.69. The standard InChI is InChI=1S/C33H37N7O2/c1-42-33(41)30(23-27-24-34-29-17-9-8-16-28(27)29)40-32(35-36-37-40)31(26-14-6-3-7-15-26)39-21-19-38(20-22-39)18-10-13-25-11-4-2-5-12-25/h2-14,16-17,24,26,30-31,34H,15,18-23H2,1H3/b13-10+/t26?,30?,31-/m0/s1. The lowest BCUT2D eigenvalue weighted by Crippen LogP contribution is -2.49. The zero-order chi connectivity index (χ0) is 28.7. The molecule has 1 aliphatic carbocycles. The fourth-order valence-electron chi connectivity index (χ4n) is 6.12. The van der Waals surface area contributed by atoms with Gasteiger partial charge in [0.15, 0.2) is 11.9 Å². The van der Waals surface area contributed by atoms with E-state index in [1.54, 1.807) is 4.68 Å². The highest BCUT2D eigenvalue weighted by Crippen LogP contribution is 2.35. The number of tetrazole rings is 1. The van der Waals surface area contributed by atoms with Crippen LogP contribution in [0.2, 0.25) is 0 Å². The molecule has 1 N–H and O–H groups in total. The van der Waals surface area contributed by atoms with Gasteiger partial charge >= 0.3 is 5.97 Å². The van der Waals surface area contributed by atoms with Crippen molar-refractivity contribution in [3.63, 3.8) is 0 Å². The van der Waals surface area contributed by atoms with E-state index in [2.05, 4.69) is 97.1 Å². The quantitative estimate of drug-likeness (QED) is 0.282. The smallest absolute Gasteiger partial charge is 0.331 e. The summed E-state index contributed by atoms with van der Waals surface area (Å²) in [4.78, 5) is 21.5. The Morgan fingerprint density at radius 1 is 1.07 bits per heavy atom. The number of ether oxygens (including phenoxy) is 1. The van der Waals surface area contributed by atoms with Gasteiger partial charge in [-0.1, -0.05) is 85.0 Å². The number of carbonyl (C=O) groups excluding carboxylic acids is 1. The summed E-state index contributed by atoms with van der Waals surface area (Å²) in [6, 6.07) is 17.7. The summed E-state index contributed by atoms with van der Waals surface area (Å²) >= 11 is 0. The molecule has 0 amide bonds. The number of aromatic amines is 1. The number of piperazine rings is 1. The monoisotopic (exact) mass is 563 g/mol. The second-order valence-corrected chi connectivity index (χ2v) is 10.9. The first-order valence-electron chi connectivity index (χ1n) is 14.6. The molecule has 0 bridgehead atoms. The van der Waals surface area contributed by atoms with Crippen LogP contribution in [-0.2, 0) is 16.0 Å². The van der Waals surface area contributed by atoms with Gasteiger partial charge in [-0.3, -0.25) is 9.80 Å². The summed E-state index contributed by atoms with van der Waals surface area (Å²) in [5.74, 6) is 0.532. The minimum atomic E-state index is -0.686. The number of carbonyl (C=O) groups is 1. The van der Waals surface area contributed by atoms with Gasteiger partial charge < -0.3 is 9.72 Å². The fraction of sp³-hybridized carbons (Fsp3) is 0.333. The Labute approximate surface area is 246 Å². The highest BCUT2D eigenvalue weighted by atomic mass is 16.5. The van der Waals surface area contributed by atoms with Gasteiger partial charge in [0.2, 0.25) is 0 Å². The molecule has 2 aromatic carbocycles. The summed E-state index contributed by atoms with van der Waals surface area (Å²) < 4.78 is 7.00. The number of methoxy groups -OCH3 is 1. The molecular formula is C33H37N7O2. The summed E-state index contributed by atoms with van der Waals surface area (Å²) in [5, 5.41) is 14.1. The first-order valence-corrected chi connectivity index (χ1v) is 14.6. The molecule has 3 atom stereocenters. The van der Waals surface area contributed by atoms with Gasteiger partial charge in [0.1, 0.15) is 0 Å². The minimum absolute atomic E-state index is 0.0710. The Morgan fingerprint density at radius 2 is 1.88 bits per heavy atom. The van der Waals surface area contributed by atoms with Crippen molar-refractivity contribution in [2.75, 3.05) is 39.8 Å². The number of rotatable bonds is 10. The van der Waals surface area contributed by atoms with Crippen LogP contribution in [0.5, 0.6) is 0 Å². The number of allylic oxidation sites excluding steroid dienone is 3. The maximum Gasteiger partial charge on any atom is 0.331 e. The van der Waals surface area contributed by atoms with Crippen LogP contribution in [0.4, 0.5) is 0 Å². The third-order valence-corrected chi connectivity index (χ3v) is 8.33. The highest BCUT2D eigenvalue weighted by Gasteiger charge is 2.37. The van der Waals surface area contributed by atoms with E-state index in [1.165, 1.54) is 12.7 Å². The number of hydrogen-bond acceptors (Lipinski definition) is 7. The van der Waals surface area contributed by atoms with Crippen molar-refractivity contribution < 1.29 is 9.53 Å². The van der Waals surface area contributed by atoms with E-state index in [4.69, 9.17) is 4.74 Å². The molecule has 42 heavy (non-hydrogen) atoms. The van der Waals surface area contributed by atoms with E-state index < -0.39 is 6.04 Å². The first-order chi connectivity index (χ1) is 20.7. The van der Waals surface area contributed by atoms with Crippen molar-refractivity contribution >= 4 is 22.9 Å². The maximum absolute atomic E-state index is 13.2. The molecule has 2 aromatic heterocycles. The number of hydrogen-bond donors (Lipinski definition) is 1. The average molecular weight is 564 g/mol. The molecule has 0 saturated carbocycles. The van der Waals surface area contributed by atoms with Crippen molar-refractivity contribution in [1.82, 2.24) is 35.0 Å². The van der Waals surface area contributed by atoms with Crippen LogP contribution >= 0.6 is 0 Å². The summed E-state index contributed by atoms with van der Waals surface area (Å²) in [6.07, 6.45) is 16.3. The lowest BCUT2D eigenvalue weighted by atomic mass is 9.90. The molecular weight excluding hydrogens is 526 g/mol. The Balaban J connectivity index is 1.23. The molecule has 1 fully saturated rings. The van der Waals surface area contributed by atoms with Crippen molar-refractivity contribution in [3.8, 4) is 0 Å². The van der Waals surface area contributed by atoms with Gasteiger partial charge in [-0.2, -0.15) is 0 Å². The molecule has 3 heterocycles. The molecule has 6 rings (SSSR count). The summed E-state index contributed by atoms with van der Waals surface area (Å²) in [7, 11) is 1.42. The van der Waals surface area contributed by atoms with Gasteiger partial charge in [0.25, 0.3) is 0 Å². The second kappa shape index (κ2) is 13.1. The van der Waals surface area contributed by atoms with E-state index in [0.717, 1.165) is 55.6 Å². The predicted molar refractivity (Wildman–Crippen MR) is 163 cm³/mol. The Morgan fingerprint density at radius 3 is 2.67 bits per heavy atom. The third-order valence-electron chi connectivity index (χ3n) is 8.33. The van der Waals surface area contributed by atoms with Crippen molar-refractivity contribution in [1.29, 1.82) is 0 Å². The van der Waals surface area contributed by atoms with Gasteiger partial charge in [0.05, 0.1) is 13.2 Å². The van der Waals surface area contributed by atoms with Crippen LogP contribution in [0, 0.1) is 5.92 Å². The zero-order valence-corrected chi connectivity index (χ0v) is 23.9. The number of H-pyrrole nitrogens is 1. The molecule has 0 spiro atoms. The second-order valence-electron chi connectivity index (χ2n) is 10.9. The topological polar surface area (TPSA) is 92.2 Å². The van der Waals surface area contributed by atoms with Gasteiger partial charge in [-0.25, -0.2) is 9.48 Å². The molecule has 4 aromatic rings. The first kappa shape index (κ1) is 27.8. The summed E-state index contributed by atoms with van der Waals surface area (Å²) in [6.45, 7) is 4.57. The predicted octanol–water partition coefficient (Wildman–Crippen LogP) is 4.62. The van der Waals surface area contributed by atoms with Crippen molar-refractivity contribution in [3.05, 3.63) is 108 Å². The molecule has 0 radical (unpaired) electrons. The molecule has 1 aliphatic heterocycles. The van der Waals surface area contributed by atoms with Crippen LogP contribution in [0.15, 0.2) is 91.2 Å². The largest absolute Gasteiger partial charge is 0.467 e. The highest BCUT2D eigenvalue weighted by molar-refractivity contribution is 5.84. The number of fused-ring (bicyclic) bond motifs is 1. The van der Waals surface area contributed by atoms with Crippen LogP contribution in [0.1, 0.15) is 35.5 Å². The Hall–Kier alpha value is -4.34.